The number of anilines is 1. The number of benzene rings is 1. The second-order valence-electron chi connectivity index (χ2n) is 9.63. The number of rotatable bonds is 5. The second-order valence-corrected chi connectivity index (χ2v) is 9.63. The van der Waals surface area contributed by atoms with Crippen molar-refractivity contribution >= 4 is 22.8 Å². The Hall–Kier alpha value is -4.20. The van der Waals surface area contributed by atoms with Crippen molar-refractivity contribution in [1.82, 2.24) is 24.5 Å². The van der Waals surface area contributed by atoms with Gasteiger partial charge in [0.15, 0.2) is 11.4 Å². The lowest BCUT2D eigenvalue weighted by molar-refractivity contribution is 0.102. The highest BCUT2D eigenvalue weighted by Gasteiger charge is 2.26. The van der Waals surface area contributed by atoms with Gasteiger partial charge in [0.05, 0.1) is 35.6 Å². The van der Waals surface area contributed by atoms with Crippen molar-refractivity contribution < 1.29 is 9.21 Å². The molecule has 1 aliphatic rings. The summed E-state index contributed by atoms with van der Waals surface area (Å²) < 4.78 is 9.39. The van der Waals surface area contributed by atoms with E-state index in [1.165, 1.54) is 11.1 Å². The van der Waals surface area contributed by atoms with E-state index >= 15 is 0 Å². The van der Waals surface area contributed by atoms with Gasteiger partial charge in [0.25, 0.3) is 5.91 Å². The molecule has 8 nitrogen and oxygen atoms in total. The van der Waals surface area contributed by atoms with Crippen LogP contribution in [0.3, 0.4) is 0 Å². The van der Waals surface area contributed by atoms with Gasteiger partial charge >= 0.3 is 0 Å². The molecule has 4 aromatic heterocycles. The van der Waals surface area contributed by atoms with Crippen molar-refractivity contribution in [2.75, 3.05) is 5.32 Å². The number of amides is 1. The van der Waals surface area contributed by atoms with Crippen LogP contribution >= 0.6 is 0 Å². The quantitative estimate of drug-likeness (QED) is 0.335. The summed E-state index contributed by atoms with van der Waals surface area (Å²) in [7, 11) is 0. The minimum Gasteiger partial charge on any atom is -0.463 e. The molecule has 1 aliphatic carbocycles. The van der Waals surface area contributed by atoms with Gasteiger partial charge in [0.1, 0.15) is 11.5 Å². The van der Waals surface area contributed by atoms with Crippen molar-refractivity contribution in [3.63, 3.8) is 0 Å². The number of furan rings is 1. The average molecular weight is 481 g/mol. The van der Waals surface area contributed by atoms with Crippen molar-refractivity contribution in [2.45, 2.75) is 52.1 Å². The summed E-state index contributed by atoms with van der Waals surface area (Å²) in [6, 6.07) is 14.1. The molecular weight excluding hydrogens is 452 g/mol. The summed E-state index contributed by atoms with van der Waals surface area (Å²) in [6.45, 7) is 6.05. The van der Waals surface area contributed by atoms with E-state index in [1.807, 2.05) is 48.5 Å². The Bertz CT molecular complexity index is 1560. The van der Waals surface area contributed by atoms with E-state index in [9.17, 15) is 4.79 Å². The lowest BCUT2D eigenvalue weighted by Crippen LogP contribution is -2.23. The zero-order chi connectivity index (χ0) is 24.8. The molecule has 1 atom stereocenters. The van der Waals surface area contributed by atoms with Gasteiger partial charge in [-0.15, -0.1) is 0 Å². The molecule has 0 spiro atoms. The molecule has 1 aromatic carbocycles. The van der Waals surface area contributed by atoms with E-state index < -0.39 is 0 Å². The van der Waals surface area contributed by atoms with Crippen molar-refractivity contribution in [3.05, 3.63) is 83.4 Å². The van der Waals surface area contributed by atoms with E-state index in [0.717, 1.165) is 24.8 Å². The Morgan fingerprint density at radius 3 is 2.81 bits per heavy atom. The summed E-state index contributed by atoms with van der Waals surface area (Å²) in [5.41, 5.74) is 5.27. The first-order valence-corrected chi connectivity index (χ1v) is 12.4. The Kier molecular flexibility index (Phi) is 5.44. The van der Waals surface area contributed by atoms with Gasteiger partial charge in [0, 0.05) is 11.6 Å². The summed E-state index contributed by atoms with van der Waals surface area (Å²) in [5.74, 6) is 1.08. The lowest BCUT2D eigenvalue weighted by Gasteiger charge is -2.27. The van der Waals surface area contributed by atoms with Crippen LogP contribution in [0.25, 0.3) is 22.5 Å². The van der Waals surface area contributed by atoms with Gasteiger partial charge in [-0.1, -0.05) is 24.3 Å². The third kappa shape index (κ3) is 3.69. The van der Waals surface area contributed by atoms with E-state index in [4.69, 9.17) is 14.5 Å². The maximum Gasteiger partial charge on any atom is 0.257 e. The molecule has 36 heavy (non-hydrogen) atoms. The molecule has 0 saturated heterocycles. The maximum absolute atomic E-state index is 13.8. The van der Waals surface area contributed by atoms with E-state index in [1.54, 1.807) is 18.5 Å². The SMILES string of the molecule is Cc1cnn(C2CCCc3ccccc32)c1NC(=O)c1cc(-c2ccco2)nc2c1cnn2C(C)C. The number of carbonyl (C=O) groups is 1. The van der Waals surface area contributed by atoms with Crippen LogP contribution in [0.4, 0.5) is 5.82 Å². The molecular formula is C28H28N6O2. The normalized spacial score (nSPS) is 15.4. The molecule has 8 heteroatoms. The molecule has 1 N–H and O–H groups in total. The highest BCUT2D eigenvalue weighted by Crippen LogP contribution is 2.35. The number of nitrogens with zero attached hydrogens (tertiary/aromatic N) is 5. The number of hydrogen-bond acceptors (Lipinski definition) is 5. The topological polar surface area (TPSA) is 90.8 Å². The Morgan fingerprint density at radius 2 is 2.00 bits per heavy atom. The second kappa shape index (κ2) is 8.78. The minimum absolute atomic E-state index is 0.0822. The standard InChI is InChI=1S/C28H28N6O2/c1-17(2)33-27-22(16-30-33)21(14-23(31-27)25-12-7-13-36-25)28(35)32-26-18(3)15-29-34(26)24-11-6-9-19-8-4-5-10-20(19)24/h4-5,7-8,10,12-17,24H,6,9,11H2,1-3H3,(H,32,35). The fourth-order valence-corrected chi connectivity index (χ4v) is 5.13. The van der Waals surface area contributed by atoms with Gasteiger partial charge < -0.3 is 9.73 Å². The largest absolute Gasteiger partial charge is 0.463 e. The molecule has 0 aliphatic heterocycles. The van der Waals surface area contributed by atoms with Crippen molar-refractivity contribution in [2.24, 2.45) is 0 Å². The number of pyridine rings is 1. The van der Waals surface area contributed by atoms with Crippen LogP contribution in [-0.4, -0.2) is 30.5 Å². The summed E-state index contributed by atoms with van der Waals surface area (Å²) in [6.07, 6.45) is 8.26. The lowest BCUT2D eigenvalue weighted by atomic mass is 9.88. The van der Waals surface area contributed by atoms with Crippen LogP contribution in [-0.2, 0) is 6.42 Å². The van der Waals surface area contributed by atoms with Gasteiger partial charge in [-0.25, -0.2) is 14.3 Å². The third-order valence-corrected chi connectivity index (χ3v) is 6.92. The van der Waals surface area contributed by atoms with Crippen molar-refractivity contribution in [1.29, 1.82) is 0 Å². The molecule has 5 aromatic rings. The third-order valence-electron chi connectivity index (χ3n) is 6.92. The Labute approximate surface area is 209 Å². The number of fused-ring (bicyclic) bond motifs is 2. The highest BCUT2D eigenvalue weighted by atomic mass is 16.3. The number of nitrogens with one attached hydrogen (secondary N) is 1. The number of hydrogen-bond donors (Lipinski definition) is 1. The van der Waals surface area contributed by atoms with Crippen LogP contribution in [0.15, 0.2) is 65.5 Å². The first-order valence-electron chi connectivity index (χ1n) is 12.4. The van der Waals surface area contributed by atoms with Crippen LogP contribution in [0.5, 0.6) is 0 Å². The molecule has 182 valence electrons. The summed E-state index contributed by atoms with van der Waals surface area (Å²) in [4.78, 5) is 18.6. The molecule has 0 saturated carbocycles. The monoisotopic (exact) mass is 480 g/mol. The Morgan fingerprint density at radius 1 is 1.14 bits per heavy atom. The predicted octanol–water partition coefficient (Wildman–Crippen LogP) is 5.96. The molecule has 0 fully saturated rings. The number of aromatic nitrogens is 5. The molecule has 0 bridgehead atoms. The highest BCUT2D eigenvalue weighted by molar-refractivity contribution is 6.12. The van der Waals surface area contributed by atoms with Crippen LogP contribution in [0, 0.1) is 6.92 Å². The number of carbonyl (C=O) groups excluding carboxylic acids is 1. The number of aryl methyl sites for hydroxylation is 2. The summed E-state index contributed by atoms with van der Waals surface area (Å²) in [5, 5.41) is 13.1. The average Bonchev–Trinajstić information content (AvgIpc) is 3.64. The zero-order valence-electron chi connectivity index (χ0n) is 20.6. The molecule has 1 amide bonds. The van der Waals surface area contributed by atoms with E-state index in [0.29, 0.717) is 33.9 Å². The fraction of sp³-hybridized carbons (Fsp3) is 0.286. The van der Waals surface area contributed by atoms with Crippen molar-refractivity contribution in [3.8, 4) is 11.5 Å². The maximum atomic E-state index is 13.8. The predicted molar refractivity (Wildman–Crippen MR) is 138 cm³/mol. The first kappa shape index (κ1) is 22.3. The van der Waals surface area contributed by atoms with E-state index in [2.05, 4.69) is 34.7 Å². The minimum atomic E-state index is -0.229. The fourth-order valence-electron chi connectivity index (χ4n) is 5.13. The first-order chi connectivity index (χ1) is 17.5. The van der Waals surface area contributed by atoms with Crippen LogP contribution in [0.1, 0.15) is 65.8 Å². The molecule has 1 unspecified atom stereocenters. The van der Waals surface area contributed by atoms with E-state index in [-0.39, 0.29) is 18.0 Å². The van der Waals surface area contributed by atoms with Crippen LogP contribution in [0.2, 0.25) is 0 Å². The van der Waals surface area contributed by atoms with Gasteiger partial charge in [-0.2, -0.15) is 10.2 Å². The smallest absolute Gasteiger partial charge is 0.257 e. The van der Waals surface area contributed by atoms with Gasteiger partial charge in [0.2, 0.25) is 0 Å². The zero-order valence-corrected chi connectivity index (χ0v) is 20.6. The van der Waals surface area contributed by atoms with Gasteiger partial charge in [-0.05, 0) is 69.4 Å². The molecule has 6 rings (SSSR count). The summed E-state index contributed by atoms with van der Waals surface area (Å²) >= 11 is 0. The molecule has 0 radical (unpaired) electrons. The van der Waals surface area contributed by atoms with Gasteiger partial charge in [-0.3, -0.25) is 4.79 Å². The molecule has 4 heterocycles. The van der Waals surface area contributed by atoms with Crippen LogP contribution < -0.4 is 5.32 Å². The Balaban J connectivity index is 1.42.